The summed E-state index contributed by atoms with van der Waals surface area (Å²) >= 11 is 6.16. The van der Waals surface area contributed by atoms with Crippen molar-refractivity contribution in [1.29, 1.82) is 0 Å². The number of aryl methyl sites for hydroxylation is 1. The van der Waals surface area contributed by atoms with Crippen LogP contribution in [0.1, 0.15) is 21.5 Å². The zero-order valence-electron chi connectivity index (χ0n) is 14.9. The fourth-order valence-electron chi connectivity index (χ4n) is 3.19. The lowest BCUT2D eigenvalue weighted by atomic mass is 10.1. The van der Waals surface area contributed by atoms with E-state index >= 15 is 0 Å². The lowest BCUT2D eigenvalue weighted by molar-refractivity contribution is 0.102. The molecule has 0 bridgehead atoms. The summed E-state index contributed by atoms with van der Waals surface area (Å²) in [6, 6.07) is 5.29. The SMILES string of the molecule is COc1ccc(Cl)cc1-c1nn(C)cc1NC(=O)c1cncc2c1C=CC2. The zero-order valence-corrected chi connectivity index (χ0v) is 15.6. The summed E-state index contributed by atoms with van der Waals surface area (Å²) in [5.74, 6) is 0.389. The van der Waals surface area contributed by atoms with Gasteiger partial charge in [-0.05, 0) is 35.7 Å². The number of ether oxygens (including phenoxy) is 1. The van der Waals surface area contributed by atoms with Gasteiger partial charge in [-0.3, -0.25) is 14.5 Å². The van der Waals surface area contributed by atoms with E-state index in [4.69, 9.17) is 16.3 Å². The molecule has 0 saturated heterocycles. The number of nitrogens with zero attached hydrogens (tertiary/aromatic N) is 3. The molecule has 1 aromatic carbocycles. The van der Waals surface area contributed by atoms with Crippen LogP contribution >= 0.6 is 11.6 Å². The Balaban J connectivity index is 1.73. The summed E-state index contributed by atoms with van der Waals surface area (Å²) in [4.78, 5) is 17.1. The number of carbonyl (C=O) groups is 1. The second-order valence-electron chi connectivity index (χ2n) is 6.23. The van der Waals surface area contributed by atoms with Gasteiger partial charge in [0.25, 0.3) is 5.91 Å². The Hall–Kier alpha value is -3.12. The van der Waals surface area contributed by atoms with E-state index in [0.29, 0.717) is 33.3 Å². The molecule has 1 N–H and O–H groups in total. The molecular weight excluding hydrogens is 364 g/mol. The molecule has 3 aromatic rings. The van der Waals surface area contributed by atoms with Crippen LogP contribution in [0.3, 0.4) is 0 Å². The van der Waals surface area contributed by atoms with Crippen LogP contribution in [0.25, 0.3) is 17.3 Å². The van der Waals surface area contributed by atoms with Crippen molar-refractivity contribution in [2.45, 2.75) is 6.42 Å². The first-order valence-corrected chi connectivity index (χ1v) is 8.77. The van der Waals surface area contributed by atoms with E-state index in [-0.39, 0.29) is 5.91 Å². The van der Waals surface area contributed by atoms with Gasteiger partial charge >= 0.3 is 0 Å². The van der Waals surface area contributed by atoms with E-state index < -0.39 is 0 Å². The average molecular weight is 381 g/mol. The van der Waals surface area contributed by atoms with E-state index in [1.165, 1.54) is 0 Å². The summed E-state index contributed by atoms with van der Waals surface area (Å²) in [6.45, 7) is 0. The van der Waals surface area contributed by atoms with Crippen molar-refractivity contribution in [1.82, 2.24) is 14.8 Å². The van der Waals surface area contributed by atoms with Crippen molar-refractivity contribution in [2.75, 3.05) is 12.4 Å². The summed E-state index contributed by atoms with van der Waals surface area (Å²) in [7, 11) is 3.37. The standard InChI is InChI=1S/C20H17ClN4O2/c1-25-11-17(19(24-25)15-8-13(21)6-7-18(15)27-2)23-20(26)16-10-22-9-12-4-3-5-14(12)16/h3,5-11H,4H2,1-2H3,(H,23,26). The highest BCUT2D eigenvalue weighted by Gasteiger charge is 2.20. The summed E-state index contributed by atoms with van der Waals surface area (Å²) in [6.07, 6.45) is 9.89. The van der Waals surface area contributed by atoms with Crippen LogP contribution in [0.4, 0.5) is 5.69 Å². The van der Waals surface area contributed by atoms with E-state index in [2.05, 4.69) is 15.4 Å². The third-order valence-electron chi connectivity index (χ3n) is 4.43. The van der Waals surface area contributed by atoms with Crippen molar-refractivity contribution in [3.8, 4) is 17.0 Å². The Morgan fingerprint density at radius 2 is 2.19 bits per heavy atom. The minimum absolute atomic E-state index is 0.235. The first-order valence-electron chi connectivity index (χ1n) is 8.39. The van der Waals surface area contributed by atoms with Crippen LogP contribution in [-0.2, 0) is 13.5 Å². The first kappa shape index (κ1) is 17.3. The number of hydrogen-bond acceptors (Lipinski definition) is 4. The van der Waals surface area contributed by atoms with Crippen LogP contribution < -0.4 is 10.1 Å². The monoisotopic (exact) mass is 380 g/mol. The molecular formula is C20H17ClN4O2. The maximum Gasteiger partial charge on any atom is 0.257 e. The third kappa shape index (κ3) is 3.19. The van der Waals surface area contributed by atoms with Gasteiger partial charge in [0.2, 0.25) is 0 Å². The van der Waals surface area contributed by atoms with Gasteiger partial charge in [0, 0.05) is 36.2 Å². The van der Waals surface area contributed by atoms with Gasteiger partial charge in [0.1, 0.15) is 11.4 Å². The van der Waals surface area contributed by atoms with E-state index in [1.54, 1.807) is 55.6 Å². The number of hydrogen-bond donors (Lipinski definition) is 1. The van der Waals surface area contributed by atoms with E-state index in [1.807, 2.05) is 12.2 Å². The number of carbonyl (C=O) groups excluding carboxylic acids is 1. The molecule has 0 unspecified atom stereocenters. The number of allylic oxidation sites excluding steroid dienone is 1. The Morgan fingerprint density at radius 3 is 3.00 bits per heavy atom. The van der Waals surface area contributed by atoms with Crippen LogP contribution in [0.5, 0.6) is 5.75 Å². The van der Waals surface area contributed by atoms with Crippen LogP contribution in [0, 0.1) is 0 Å². The highest BCUT2D eigenvalue weighted by Crippen LogP contribution is 2.36. The Labute approximate surface area is 161 Å². The van der Waals surface area contributed by atoms with Crippen molar-refractivity contribution >= 4 is 29.3 Å². The molecule has 2 heterocycles. The summed E-state index contributed by atoms with van der Waals surface area (Å²) in [5.41, 5.74) is 4.36. The molecule has 7 heteroatoms. The summed E-state index contributed by atoms with van der Waals surface area (Å²) < 4.78 is 7.07. The molecule has 4 rings (SSSR count). The van der Waals surface area contributed by atoms with Crippen LogP contribution in [-0.4, -0.2) is 27.8 Å². The van der Waals surface area contributed by atoms with Crippen molar-refractivity contribution in [2.24, 2.45) is 7.05 Å². The van der Waals surface area contributed by atoms with Crippen molar-refractivity contribution < 1.29 is 9.53 Å². The number of anilines is 1. The largest absolute Gasteiger partial charge is 0.496 e. The van der Waals surface area contributed by atoms with Crippen molar-refractivity contribution in [3.05, 3.63) is 64.6 Å². The number of aromatic nitrogens is 3. The smallest absolute Gasteiger partial charge is 0.257 e. The van der Waals surface area contributed by atoms with Crippen LogP contribution in [0.15, 0.2) is 42.9 Å². The predicted octanol–water partition coefficient (Wildman–Crippen LogP) is 3.97. The number of pyridine rings is 1. The first-order chi connectivity index (χ1) is 13.1. The number of benzene rings is 1. The van der Waals surface area contributed by atoms with Gasteiger partial charge in [0.05, 0.1) is 18.4 Å². The number of methoxy groups -OCH3 is 1. The number of fused-ring (bicyclic) bond motifs is 1. The van der Waals surface area contributed by atoms with E-state index in [9.17, 15) is 4.79 Å². The fraction of sp³-hybridized carbons (Fsp3) is 0.150. The van der Waals surface area contributed by atoms with Crippen molar-refractivity contribution in [3.63, 3.8) is 0 Å². The Kier molecular flexibility index (Phi) is 4.41. The molecule has 1 aliphatic carbocycles. The number of nitrogens with one attached hydrogen (secondary N) is 1. The molecule has 0 aliphatic heterocycles. The fourth-order valence-corrected chi connectivity index (χ4v) is 3.36. The predicted molar refractivity (Wildman–Crippen MR) is 105 cm³/mol. The molecule has 27 heavy (non-hydrogen) atoms. The number of halogens is 1. The average Bonchev–Trinajstić information content (AvgIpc) is 3.27. The third-order valence-corrected chi connectivity index (χ3v) is 4.67. The van der Waals surface area contributed by atoms with Gasteiger partial charge in [-0.25, -0.2) is 0 Å². The van der Waals surface area contributed by atoms with Gasteiger partial charge in [-0.1, -0.05) is 23.8 Å². The molecule has 0 radical (unpaired) electrons. The minimum atomic E-state index is -0.235. The molecule has 6 nitrogen and oxygen atoms in total. The molecule has 136 valence electrons. The zero-order chi connectivity index (χ0) is 19.0. The van der Waals surface area contributed by atoms with E-state index in [0.717, 1.165) is 17.5 Å². The molecule has 1 aliphatic rings. The van der Waals surface area contributed by atoms with Gasteiger partial charge in [-0.15, -0.1) is 0 Å². The molecule has 2 aromatic heterocycles. The summed E-state index contributed by atoms with van der Waals surface area (Å²) in [5, 5.41) is 7.99. The molecule has 0 atom stereocenters. The quantitative estimate of drug-likeness (QED) is 0.743. The second-order valence-corrected chi connectivity index (χ2v) is 6.67. The lowest BCUT2D eigenvalue weighted by Gasteiger charge is -2.11. The van der Waals surface area contributed by atoms with Gasteiger partial charge in [-0.2, -0.15) is 5.10 Å². The Morgan fingerprint density at radius 1 is 1.33 bits per heavy atom. The number of amides is 1. The highest BCUT2D eigenvalue weighted by atomic mass is 35.5. The topological polar surface area (TPSA) is 69.0 Å². The molecule has 0 saturated carbocycles. The maximum absolute atomic E-state index is 12.9. The van der Waals surface area contributed by atoms with Crippen LogP contribution in [0.2, 0.25) is 5.02 Å². The minimum Gasteiger partial charge on any atom is -0.496 e. The second kappa shape index (κ2) is 6.89. The van der Waals surface area contributed by atoms with Gasteiger partial charge in [0.15, 0.2) is 0 Å². The molecule has 0 spiro atoms. The molecule has 0 fully saturated rings. The maximum atomic E-state index is 12.9. The Bertz CT molecular complexity index is 1070. The number of rotatable bonds is 4. The molecule has 1 amide bonds. The lowest BCUT2D eigenvalue weighted by Crippen LogP contribution is -2.14. The highest BCUT2D eigenvalue weighted by molar-refractivity contribution is 6.31. The van der Waals surface area contributed by atoms with Gasteiger partial charge < -0.3 is 10.1 Å². The normalized spacial score (nSPS) is 12.1.